The minimum absolute atomic E-state index is 0.375. The number of benzene rings is 1. The fraction of sp³-hybridized carbons (Fsp3) is 0.357. The van der Waals surface area contributed by atoms with Crippen molar-refractivity contribution in [3.8, 4) is 17.3 Å². The third kappa shape index (κ3) is 4.50. The summed E-state index contributed by atoms with van der Waals surface area (Å²) >= 11 is 0. The van der Waals surface area contributed by atoms with Crippen LogP contribution < -0.4 is 5.32 Å². The zero-order valence-corrected chi connectivity index (χ0v) is 19.8. The normalized spacial score (nSPS) is 20.0. The van der Waals surface area contributed by atoms with Gasteiger partial charge >= 0.3 is 0 Å². The predicted molar refractivity (Wildman–Crippen MR) is 135 cm³/mol. The molecule has 1 N–H and O–H groups in total. The van der Waals surface area contributed by atoms with Crippen LogP contribution in [0.25, 0.3) is 22.3 Å². The molecule has 6 rings (SSSR count). The zero-order chi connectivity index (χ0) is 23.8. The number of aromatic nitrogens is 4. The molecule has 4 aromatic rings. The lowest BCUT2D eigenvalue weighted by Gasteiger charge is -2.28. The monoisotopic (exact) mass is 464 g/mol. The SMILES string of the molecule is COC1CCC(n2cnc3ccc(-c4cc(C5CC5)cc(Nc5cc(C#N)ccn5)n4)cc32)CC1. The Bertz CT molecular complexity index is 1410. The molecule has 7 heteroatoms. The van der Waals surface area contributed by atoms with Gasteiger partial charge in [-0.1, -0.05) is 6.07 Å². The van der Waals surface area contributed by atoms with Gasteiger partial charge in [0.1, 0.15) is 11.6 Å². The first kappa shape index (κ1) is 21.8. The maximum atomic E-state index is 9.22. The van der Waals surface area contributed by atoms with Crippen LogP contribution in [0.1, 0.15) is 61.6 Å². The van der Waals surface area contributed by atoms with Crippen molar-refractivity contribution in [1.29, 1.82) is 5.26 Å². The Kier molecular flexibility index (Phi) is 5.67. The average molecular weight is 465 g/mol. The van der Waals surface area contributed by atoms with Crippen LogP contribution in [0.15, 0.2) is 55.0 Å². The molecular weight excluding hydrogens is 436 g/mol. The highest BCUT2D eigenvalue weighted by molar-refractivity contribution is 5.82. The van der Waals surface area contributed by atoms with E-state index in [0.717, 1.165) is 53.8 Å². The van der Waals surface area contributed by atoms with E-state index in [0.29, 0.717) is 29.4 Å². The largest absolute Gasteiger partial charge is 0.381 e. The van der Waals surface area contributed by atoms with E-state index in [9.17, 15) is 5.26 Å². The number of nitriles is 1. The smallest absolute Gasteiger partial charge is 0.132 e. The molecule has 7 nitrogen and oxygen atoms in total. The van der Waals surface area contributed by atoms with Crippen LogP contribution in [0.4, 0.5) is 11.6 Å². The molecule has 35 heavy (non-hydrogen) atoms. The van der Waals surface area contributed by atoms with Crippen molar-refractivity contribution < 1.29 is 4.74 Å². The second-order valence-electron chi connectivity index (χ2n) is 9.63. The van der Waals surface area contributed by atoms with Crippen molar-refractivity contribution in [2.75, 3.05) is 12.4 Å². The Morgan fingerprint density at radius 2 is 1.83 bits per heavy atom. The van der Waals surface area contributed by atoms with Crippen LogP contribution >= 0.6 is 0 Å². The number of nitrogens with zero attached hydrogens (tertiary/aromatic N) is 5. The van der Waals surface area contributed by atoms with Crippen molar-refractivity contribution >= 4 is 22.7 Å². The summed E-state index contributed by atoms with van der Waals surface area (Å²) in [6.45, 7) is 0. The molecule has 2 aliphatic rings. The van der Waals surface area contributed by atoms with E-state index in [1.807, 2.05) is 13.4 Å². The second-order valence-corrected chi connectivity index (χ2v) is 9.63. The van der Waals surface area contributed by atoms with Crippen molar-refractivity contribution in [3.05, 3.63) is 66.1 Å². The Hall–Kier alpha value is -3.76. The minimum Gasteiger partial charge on any atom is -0.381 e. The summed E-state index contributed by atoms with van der Waals surface area (Å²) in [6, 6.07) is 16.8. The number of rotatable bonds is 6. The van der Waals surface area contributed by atoms with E-state index < -0.39 is 0 Å². The molecule has 0 saturated heterocycles. The minimum atomic E-state index is 0.375. The highest BCUT2D eigenvalue weighted by atomic mass is 16.5. The summed E-state index contributed by atoms with van der Waals surface area (Å²) < 4.78 is 7.90. The summed E-state index contributed by atoms with van der Waals surface area (Å²) in [6.07, 6.45) is 10.8. The zero-order valence-electron chi connectivity index (χ0n) is 19.8. The van der Waals surface area contributed by atoms with E-state index in [-0.39, 0.29) is 0 Å². The Morgan fingerprint density at radius 1 is 0.971 bits per heavy atom. The molecule has 0 radical (unpaired) electrons. The molecule has 2 saturated carbocycles. The van der Waals surface area contributed by atoms with Crippen molar-refractivity contribution in [3.63, 3.8) is 0 Å². The van der Waals surface area contributed by atoms with Gasteiger partial charge in [0.15, 0.2) is 0 Å². The molecular formula is C28H28N6O. The molecule has 2 fully saturated rings. The van der Waals surface area contributed by atoms with Gasteiger partial charge in [0, 0.05) is 24.9 Å². The molecule has 0 amide bonds. The molecule has 0 spiro atoms. The quantitative estimate of drug-likeness (QED) is 0.370. The van der Waals surface area contributed by atoms with E-state index in [2.05, 4.69) is 56.3 Å². The maximum Gasteiger partial charge on any atom is 0.132 e. The maximum absolute atomic E-state index is 9.22. The third-order valence-electron chi connectivity index (χ3n) is 7.28. The van der Waals surface area contributed by atoms with Crippen LogP contribution in [-0.2, 0) is 4.74 Å². The number of hydrogen-bond acceptors (Lipinski definition) is 6. The number of imidazole rings is 1. The van der Waals surface area contributed by atoms with Gasteiger partial charge in [-0.3, -0.25) is 0 Å². The molecule has 0 unspecified atom stereocenters. The molecule has 3 heterocycles. The third-order valence-corrected chi connectivity index (χ3v) is 7.28. The van der Waals surface area contributed by atoms with Gasteiger partial charge in [-0.2, -0.15) is 5.26 Å². The fourth-order valence-electron chi connectivity index (χ4n) is 5.15. The summed E-state index contributed by atoms with van der Waals surface area (Å²) in [5, 5.41) is 12.5. The summed E-state index contributed by atoms with van der Waals surface area (Å²) in [5.41, 5.74) is 6.04. The standard InChI is InChI=1S/C28H28N6O/c1-35-23-7-5-22(6-8-23)34-17-31-24-9-4-20(14-26(24)34)25-13-21(19-2-3-19)15-28(32-25)33-27-12-18(16-29)10-11-30-27/h4,9-15,17,19,22-23H,2-3,5-8H2,1H3,(H,30,32,33). The van der Waals surface area contributed by atoms with Crippen LogP contribution in [-0.4, -0.2) is 32.7 Å². The Morgan fingerprint density at radius 3 is 2.60 bits per heavy atom. The van der Waals surface area contributed by atoms with Gasteiger partial charge in [0.25, 0.3) is 0 Å². The van der Waals surface area contributed by atoms with Crippen LogP contribution in [0.2, 0.25) is 0 Å². The predicted octanol–water partition coefficient (Wildman–Crippen LogP) is 6.12. The Balaban J connectivity index is 1.35. The van der Waals surface area contributed by atoms with Gasteiger partial charge in [0.2, 0.25) is 0 Å². The first-order valence-corrected chi connectivity index (χ1v) is 12.3. The lowest BCUT2D eigenvalue weighted by Crippen LogP contribution is -2.22. The van der Waals surface area contributed by atoms with E-state index >= 15 is 0 Å². The highest BCUT2D eigenvalue weighted by Gasteiger charge is 2.26. The molecule has 0 aliphatic heterocycles. The highest BCUT2D eigenvalue weighted by Crippen LogP contribution is 2.42. The topological polar surface area (TPSA) is 88.6 Å². The van der Waals surface area contributed by atoms with Crippen LogP contribution in [0.5, 0.6) is 0 Å². The average Bonchev–Trinajstić information content (AvgIpc) is 3.68. The Labute approximate surface area is 204 Å². The molecule has 3 aromatic heterocycles. The van der Waals surface area contributed by atoms with Crippen molar-refractivity contribution in [2.45, 2.75) is 56.6 Å². The van der Waals surface area contributed by atoms with Gasteiger partial charge in [-0.05, 0) is 86.4 Å². The lowest BCUT2D eigenvalue weighted by atomic mass is 9.92. The number of ether oxygens (including phenoxy) is 1. The lowest BCUT2D eigenvalue weighted by molar-refractivity contribution is 0.0589. The van der Waals surface area contributed by atoms with Crippen molar-refractivity contribution in [2.24, 2.45) is 0 Å². The number of fused-ring (bicyclic) bond motifs is 1. The number of hydrogen-bond donors (Lipinski definition) is 1. The molecule has 1 aromatic carbocycles. The summed E-state index contributed by atoms with van der Waals surface area (Å²) in [7, 11) is 1.81. The first-order valence-electron chi connectivity index (χ1n) is 12.3. The van der Waals surface area contributed by atoms with E-state index in [4.69, 9.17) is 9.72 Å². The molecule has 0 bridgehead atoms. The molecule has 176 valence electrons. The summed E-state index contributed by atoms with van der Waals surface area (Å²) in [5.74, 6) is 1.95. The van der Waals surface area contributed by atoms with Gasteiger partial charge in [-0.25, -0.2) is 15.0 Å². The van der Waals surface area contributed by atoms with Crippen LogP contribution in [0, 0.1) is 11.3 Å². The number of anilines is 2. The first-order chi connectivity index (χ1) is 17.2. The van der Waals surface area contributed by atoms with E-state index in [1.165, 1.54) is 18.4 Å². The number of pyridine rings is 2. The van der Waals surface area contributed by atoms with Gasteiger partial charge in [-0.15, -0.1) is 0 Å². The number of methoxy groups -OCH3 is 1. The molecule has 2 aliphatic carbocycles. The van der Waals surface area contributed by atoms with Gasteiger partial charge < -0.3 is 14.6 Å². The van der Waals surface area contributed by atoms with Crippen LogP contribution in [0.3, 0.4) is 0 Å². The van der Waals surface area contributed by atoms with Crippen molar-refractivity contribution in [1.82, 2.24) is 19.5 Å². The fourth-order valence-corrected chi connectivity index (χ4v) is 5.15. The second kappa shape index (κ2) is 9.12. The summed E-state index contributed by atoms with van der Waals surface area (Å²) in [4.78, 5) is 14.0. The molecule has 0 atom stereocenters. The number of nitrogens with one attached hydrogen (secondary N) is 1. The van der Waals surface area contributed by atoms with E-state index in [1.54, 1.807) is 18.3 Å². The van der Waals surface area contributed by atoms with Gasteiger partial charge in [0.05, 0.1) is 40.8 Å².